The van der Waals surface area contributed by atoms with Crippen LogP contribution in [0.1, 0.15) is 56.2 Å². The lowest BCUT2D eigenvalue weighted by Crippen LogP contribution is -2.15. The molecule has 0 radical (unpaired) electrons. The number of hydrogen-bond acceptors (Lipinski definition) is 6. The molecule has 1 aliphatic rings. The number of carbonyl (C=O) groups is 2. The maximum absolute atomic E-state index is 13.0. The Balaban J connectivity index is 1.73. The van der Waals surface area contributed by atoms with Crippen molar-refractivity contribution in [2.45, 2.75) is 33.1 Å². The van der Waals surface area contributed by atoms with E-state index in [2.05, 4.69) is 17.4 Å². The maximum Gasteiger partial charge on any atom is 0.294 e. The first kappa shape index (κ1) is 16.8. The molecule has 0 fully saturated rings. The van der Waals surface area contributed by atoms with Crippen molar-refractivity contribution in [2.75, 3.05) is 5.32 Å². The first-order valence-electron chi connectivity index (χ1n) is 8.50. The molecule has 3 aromatic heterocycles. The van der Waals surface area contributed by atoms with E-state index in [1.54, 1.807) is 25.1 Å². The van der Waals surface area contributed by atoms with Crippen molar-refractivity contribution >= 4 is 28.0 Å². The molecule has 1 N–H and O–H groups in total. The Hall–Kier alpha value is -2.67. The predicted molar refractivity (Wildman–Crippen MR) is 96.8 cm³/mol. The van der Waals surface area contributed by atoms with Crippen molar-refractivity contribution in [3.8, 4) is 0 Å². The van der Waals surface area contributed by atoms with Crippen molar-refractivity contribution in [1.29, 1.82) is 0 Å². The van der Waals surface area contributed by atoms with Gasteiger partial charge in [-0.25, -0.2) is 0 Å². The van der Waals surface area contributed by atoms with Crippen LogP contribution in [0.25, 0.3) is 0 Å². The van der Waals surface area contributed by atoms with E-state index in [0.717, 1.165) is 29.7 Å². The van der Waals surface area contributed by atoms with Gasteiger partial charge in [-0.1, -0.05) is 12.1 Å². The molecule has 1 amide bonds. The fourth-order valence-electron chi connectivity index (χ4n) is 3.25. The highest BCUT2D eigenvalue weighted by atomic mass is 32.1. The summed E-state index contributed by atoms with van der Waals surface area (Å²) in [7, 11) is 0. The third kappa shape index (κ3) is 2.99. The SMILES string of the molecule is Cc1cc(C(=O)Nc2sc3c(c2C(=O)c2ccco2)CC[C@H](C)C3)on1. The van der Waals surface area contributed by atoms with Crippen LogP contribution in [0.4, 0.5) is 5.00 Å². The Kier molecular flexibility index (Phi) is 4.24. The highest BCUT2D eigenvalue weighted by molar-refractivity contribution is 7.17. The fraction of sp³-hybridized carbons (Fsp3) is 0.316. The monoisotopic (exact) mass is 370 g/mol. The van der Waals surface area contributed by atoms with Crippen LogP contribution in [-0.4, -0.2) is 16.8 Å². The van der Waals surface area contributed by atoms with Gasteiger partial charge in [0.2, 0.25) is 11.5 Å². The molecule has 0 saturated carbocycles. The highest BCUT2D eigenvalue weighted by Gasteiger charge is 2.30. The fourth-order valence-corrected chi connectivity index (χ4v) is 4.65. The molecule has 0 saturated heterocycles. The molecule has 0 aromatic carbocycles. The van der Waals surface area contributed by atoms with Gasteiger partial charge in [0, 0.05) is 10.9 Å². The topological polar surface area (TPSA) is 85.3 Å². The quantitative estimate of drug-likeness (QED) is 0.694. The third-order valence-electron chi connectivity index (χ3n) is 4.56. The van der Waals surface area contributed by atoms with E-state index in [-0.39, 0.29) is 17.3 Å². The lowest BCUT2D eigenvalue weighted by molar-refractivity contribution is 0.0988. The zero-order valence-corrected chi connectivity index (χ0v) is 15.3. The number of thiophene rings is 1. The Morgan fingerprint density at radius 1 is 1.35 bits per heavy atom. The van der Waals surface area contributed by atoms with E-state index in [4.69, 9.17) is 8.94 Å². The molecule has 0 bridgehead atoms. The number of aromatic nitrogens is 1. The second-order valence-corrected chi connectivity index (χ2v) is 7.75. The number of nitrogens with zero attached hydrogens (tertiary/aromatic N) is 1. The van der Waals surface area contributed by atoms with Gasteiger partial charge in [0.05, 0.1) is 17.5 Å². The number of hydrogen-bond donors (Lipinski definition) is 1. The summed E-state index contributed by atoms with van der Waals surface area (Å²) in [6.45, 7) is 3.95. The van der Waals surface area contributed by atoms with Crippen LogP contribution in [0.15, 0.2) is 33.4 Å². The largest absolute Gasteiger partial charge is 0.461 e. The maximum atomic E-state index is 13.0. The van der Waals surface area contributed by atoms with Crippen LogP contribution < -0.4 is 5.32 Å². The molecular weight excluding hydrogens is 352 g/mol. The molecule has 3 aromatic rings. The summed E-state index contributed by atoms with van der Waals surface area (Å²) in [5.41, 5.74) is 2.19. The Labute approximate surface area is 154 Å². The molecule has 3 heterocycles. The smallest absolute Gasteiger partial charge is 0.294 e. The van der Waals surface area contributed by atoms with E-state index in [9.17, 15) is 9.59 Å². The van der Waals surface area contributed by atoms with Gasteiger partial charge in [-0.3, -0.25) is 9.59 Å². The minimum absolute atomic E-state index is 0.124. The first-order chi connectivity index (χ1) is 12.5. The summed E-state index contributed by atoms with van der Waals surface area (Å²) in [5, 5.41) is 7.12. The molecule has 134 valence electrons. The van der Waals surface area contributed by atoms with E-state index >= 15 is 0 Å². The lowest BCUT2D eigenvalue weighted by atomic mass is 9.87. The number of ketones is 1. The molecule has 4 rings (SSSR count). The number of rotatable bonds is 4. The number of anilines is 1. The number of aryl methyl sites for hydroxylation is 1. The molecule has 6 nitrogen and oxygen atoms in total. The van der Waals surface area contributed by atoms with Crippen LogP contribution in [0, 0.1) is 12.8 Å². The van der Waals surface area contributed by atoms with Gasteiger partial charge in [0.25, 0.3) is 5.91 Å². The van der Waals surface area contributed by atoms with Gasteiger partial charge >= 0.3 is 0 Å². The van der Waals surface area contributed by atoms with Crippen LogP contribution in [0.2, 0.25) is 0 Å². The molecule has 1 atom stereocenters. The number of furan rings is 1. The van der Waals surface area contributed by atoms with E-state index in [1.165, 1.54) is 17.6 Å². The van der Waals surface area contributed by atoms with Crippen LogP contribution >= 0.6 is 11.3 Å². The minimum Gasteiger partial charge on any atom is -0.461 e. The van der Waals surface area contributed by atoms with Crippen molar-refractivity contribution in [3.63, 3.8) is 0 Å². The summed E-state index contributed by atoms with van der Waals surface area (Å²) in [6, 6.07) is 4.89. The second-order valence-electron chi connectivity index (χ2n) is 6.65. The Bertz CT molecular complexity index is 968. The van der Waals surface area contributed by atoms with Crippen molar-refractivity contribution in [3.05, 3.63) is 57.7 Å². The average molecular weight is 370 g/mol. The number of amides is 1. The summed E-state index contributed by atoms with van der Waals surface area (Å²) in [6.07, 6.45) is 4.24. The van der Waals surface area contributed by atoms with E-state index in [1.807, 2.05) is 0 Å². The zero-order valence-electron chi connectivity index (χ0n) is 14.5. The minimum atomic E-state index is -0.411. The first-order valence-corrected chi connectivity index (χ1v) is 9.32. The standard InChI is InChI=1S/C19H18N2O4S/c1-10-5-6-12-15(8-10)26-19(16(12)17(22)13-4-3-7-24-13)20-18(23)14-9-11(2)21-25-14/h3-4,7,9-10H,5-6,8H2,1-2H3,(H,20,23)/t10-/m0/s1. The van der Waals surface area contributed by atoms with Gasteiger partial charge in [-0.05, 0) is 49.8 Å². The predicted octanol–water partition coefficient (Wildman–Crippen LogP) is 4.25. The summed E-state index contributed by atoms with van der Waals surface area (Å²) in [4.78, 5) is 26.6. The normalized spacial score (nSPS) is 16.3. The van der Waals surface area contributed by atoms with Gasteiger partial charge in [-0.15, -0.1) is 11.3 Å². The molecule has 26 heavy (non-hydrogen) atoms. The zero-order chi connectivity index (χ0) is 18.3. The summed E-state index contributed by atoms with van der Waals surface area (Å²) < 4.78 is 10.3. The van der Waals surface area contributed by atoms with Crippen LogP contribution in [0.5, 0.6) is 0 Å². The molecular formula is C19H18N2O4S. The van der Waals surface area contributed by atoms with Crippen molar-refractivity contribution in [2.24, 2.45) is 5.92 Å². The van der Waals surface area contributed by atoms with Gasteiger partial charge < -0.3 is 14.3 Å². The van der Waals surface area contributed by atoms with E-state index < -0.39 is 5.91 Å². The lowest BCUT2D eigenvalue weighted by Gasteiger charge is -2.18. The van der Waals surface area contributed by atoms with Gasteiger partial charge in [0.15, 0.2) is 5.76 Å². The Morgan fingerprint density at radius 3 is 2.88 bits per heavy atom. The van der Waals surface area contributed by atoms with Gasteiger partial charge in [-0.2, -0.15) is 0 Å². The summed E-state index contributed by atoms with van der Waals surface area (Å²) >= 11 is 1.46. The number of fused-ring (bicyclic) bond motifs is 1. The van der Waals surface area contributed by atoms with Gasteiger partial charge in [0.1, 0.15) is 5.00 Å². The number of nitrogens with one attached hydrogen (secondary N) is 1. The van der Waals surface area contributed by atoms with Crippen molar-refractivity contribution < 1.29 is 18.5 Å². The molecule has 0 spiro atoms. The van der Waals surface area contributed by atoms with Crippen LogP contribution in [-0.2, 0) is 12.8 Å². The molecule has 1 aliphatic carbocycles. The summed E-state index contributed by atoms with van der Waals surface area (Å²) in [5.74, 6) is 0.346. The Morgan fingerprint density at radius 2 is 2.19 bits per heavy atom. The average Bonchev–Trinajstić information content (AvgIpc) is 3.33. The number of carbonyl (C=O) groups excluding carboxylic acids is 2. The van der Waals surface area contributed by atoms with E-state index in [0.29, 0.717) is 22.2 Å². The van der Waals surface area contributed by atoms with Crippen LogP contribution in [0.3, 0.4) is 0 Å². The molecule has 7 heteroatoms. The highest BCUT2D eigenvalue weighted by Crippen LogP contribution is 2.41. The van der Waals surface area contributed by atoms with Crippen molar-refractivity contribution in [1.82, 2.24) is 5.16 Å². The molecule has 0 unspecified atom stereocenters. The third-order valence-corrected chi connectivity index (χ3v) is 5.73. The second kappa shape index (κ2) is 6.57. The molecule has 0 aliphatic heterocycles.